The lowest BCUT2D eigenvalue weighted by molar-refractivity contribution is 0.0143. The molecule has 6 nitrogen and oxygen atoms in total. The van der Waals surface area contributed by atoms with Crippen LogP contribution in [0.3, 0.4) is 0 Å². The molecule has 1 aliphatic rings. The number of amides is 1. The Morgan fingerprint density at radius 2 is 1.92 bits per heavy atom. The van der Waals surface area contributed by atoms with E-state index in [1.54, 1.807) is 33.8 Å². The molecule has 0 bridgehead atoms. The summed E-state index contributed by atoms with van der Waals surface area (Å²) in [7, 11) is -3.68. The van der Waals surface area contributed by atoms with Gasteiger partial charge >= 0.3 is 6.09 Å². The van der Waals surface area contributed by atoms with Crippen molar-refractivity contribution in [3.05, 3.63) is 35.6 Å². The number of carbonyl (C=O) groups is 1. The van der Waals surface area contributed by atoms with Crippen LogP contribution in [0.5, 0.6) is 0 Å². The fraction of sp³-hybridized carbons (Fsp3) is 0.588. The highest BCUT2D eigenvalue weighted by Gasteiger charge is 2.35. The number of benzene rings is 1. The van der Waals surface area contributed by atoms with Crippen molar-refractivity contribution < 1.29 is 22.3 Å². The number of halogens is 1. The third-order valence-electron chi connectivity index (χ3n) is 3.87. The molecule has 1 amide bonds. The molecular weight excluding hydrogens is 347 g/mol. The van der Waals surface area contributed by atoms with Crippen molar-refractivity contribution in [1.82, 2.24) is 9.21 Å². The molecule has 0 unspecified atom stereocenters. The van der Waals surface area contributed by atoms with E-state index in [2.05, 4.69) is 0 Å². The van der Waals surface area contributed by atoms with Crippen molar-refractivity contribution in [2.75, 3.05) is 19.6 Å². The second-order valence-corrected chi connectivity index (χ2v) is 9.16. The van der Waals surface area contributed by atoms with Crippen LogP contribution in [0.25, 0.3) is 0 Å². The lowest BCUT2D eigenvalue weighted by Gasteiger charge is -2.39. The number of hydrogen-bond donors (Lipinski definition) is 0. The molecule has 0 aliphatic carbocycles. The summed E-state index contributed by atoms with van der Waals surface area (Å²) in [6.45, 7) is 7.73. The van der Waals surface area contributed by atoms with E-state index in [0.717, 1.165) is 0 Å². The topological polar surface area (TPSA) is 66.9 Å². The Morgan fingerprint density at radius 1 is 1.28 bits per heavy atom. The third-order valence-corrected chi connectivity index (χ3v) is 5.80. The van der Waals surface area contributed by atoms with E-state index >= 15 is 0 Å². The summed E-state index contributed by atoms with van der Waals surface area (Å²) in [6, 6.07) is 5.44. The molecule has 140 valence electrons. The highest BCUT2D eigenvalue weighted by molar-refractivity contribution is 7.88. The third kappa shape index (κ3) is 5.15. The Balaban J connectivity index is 2.05. The number of carbonyl (C=O) groups excluding carboxylic acids is 1. The molecule has 0 aromatic heterocycles. The van der Waals surface area contributed by atoms with Gasteiger partial charge in [-0.1, -0.05) is 18.2 Å². The first kappa shape index (κ1) is 19.7. The maximum atomic E-state index is 13.8. The minimum atomic E-state index is -3.68. The fourth-order valence-corrected chi connectivity index (χ4v) is 4.51. The monoisotopic (exact) mass is 372 g/mol. The minimum Gasteiger partial charge on any atom is -0.444 e. The molecule has 1 aliphatic heterocycles. The van der Waals surface area contributed by atoms with Crippen molar-refractivity contribution in [3.63, 3.8) is 0 Å². The van der Waals surface area contributed by atoms with Gasteiger partial charge in [-0.3, -0.25) is 0 Å². The van der Waals surface area contributed by atoms with Crippen molar-refractivity contribution in [2.45, 2.75) is 45.1 Å². The van der Waals surface area contributed by atoms with Gasteiger partial charge < -0.3 is 9.64 Å². The molecule has 1 heterocycles. The molecular formula is C17H25FN2O4S. The van der Waals surface area contributed by atoms with E-state index in [1.165, 1.54) is 27.4 Å². The molecule has 1 fully saturated rings. The molecule has 0 spiro atoms. The number of rotatable bonds is 3. The zero-order chi connectivity index (χ0) is 18.8. The smallest absolute Gasteiger partial charge is 0.410 e. The number of sulfonamides is 1. The second kappa shape index (κ2) is 7.29. The zero-order valence-corrected chi connectivity index (χ0v) is 15.8. The van der Waals surface area contributed by atoms with Gasteiger partial charge in [-0.25, -0.2) is 17.6 Å². The largest absolute Gasteiger partial charge is 0.444 e. The van der Waals surface area contributed by atoms with Gasteiger partial charge in [-0.15, -0.1) is 0 Å². The van der Waals surface area contributed by atoms with Crippen molar-refractivity contribution in [1.29, 1.82) is 0 Å². The van der Waals surface area contributed by atoms with E-state index in [1.807, 2.05) is 0 Å². The number of hydrogen-bond acceptors (Lipinski definition) is 4. The van der Waals surface area contributed by atoms with Gasteiger partial charge in [0.25, 0.3) is 0 Å². The first-order chi connectivity index (χ1) is 11.5. The van der Waals surface area contributed by atoms with Crippen LogP contribution in [0.1, 0.15) is 33.3 Å². The summed E-state index contributed by atoms with van der Waals surface area (Å²) < 4.78 is 45.7. The van der Waals surface area contributed by atoms with Gasteiger partial charge in [0.1, 0.15) is 11.4 Å². The molecule has 0 saturated carbocycles. The number of piperazine rings is 1. The van der Waals surface area contributed by atoms with Crippen LogP contribution in [-0.2, 0) is 20.5 Å². The van der Waals surface area contributed by atoms with E-state index in [0.29, 0.717) is 0 Å². The van der Waals surface area contributed by atoms with Gasteiger partial charge in [0.05, 0.1) is 5.75 Å². The predicted octanol–water partition coefficient (Wildman–Crippen LogP) is 2.60. The lowest BCUT2D eigenvalue weighted by atomic mass is 10.2. The Bertz CT molecular complexity index is 730. The van der Waals surface area contributed by atoms with Gasteiger partial charge in [-0.05, 0) is 33.8 Å². The van der Waals surface area contributed by atoms with E-state index in [-0.39, 0.29) is 25.2 Å². The first-order valence-corrected chi connectivity index (χ1v) is 9.81. The van der Waals surface area contributed by atoms with Crippen LogP contribution in [-0.4, -0.2) is 55.0 Å². The van der Waals surface area contributed by atoms with Crippen LogP contribution >= 0.6 is 0 Å². The molecule has 1 saturated heterocycles. The van der Waals surface area contributed by atoms with Crippen LogP contribution in [0.4, 0.5) is 9.18 Å². The Kier molecular flexibility index (Phi) is 5.73. The number of ether oxygens (including phenoxy) is 1. The van der Waals surface area contributed by atoms with Crippen LogP contribution < -0.4 is 0 Å². The van der Waals surface area contributed by atoms with Crippen molar-refractivity contribution >= 4 is 16.1 Å². The van der Waals surface area contributed by atoms with Gasteiger partial charge in [-0.2, -0.15) is 4.31 Å². The maximum absolute atomic E-state index is 13.8. The van der Waals surface area contributed by atoms with Gasteiger partial charge in [0.2, 0.25) is 10.0 Å². The normalized spacial score (nSPS) is 19.7. The highest BCUT2D eigenvalue weighted by atomic mass is 32.2. The molecule has 0 radical (unpaired) electrons. The fourth-order valence-electron chi connectivity index (χ4n) is 2.74. The molecule has 1 aromatic rings. The molecule has 2 rings (SSSR count). The average Bonchev–Trinajstić information content (AvgIpc) is 2.47. The van der Waals surface area contributed by atoms with Crippen molar-refractivity contribution in [3.8, 4) is 0 Å². The first-order valence-electron chi connectivity index (χ1n) is 8.20. The summed E-state index contributed by atoms with van der Waals surface area (Å²) in [6.07, 6.45) is -0.453. The lowest BCUT2D eigenvalue weighted by Crippen LogP contribution is -2.56. The SMILES string of the molecule is C[C@@H]1CN(C(=O)OC(C)(C)C)CCN1S(=O)(=O)Cc1ccccc1F. The maximum Gasteiger partial charge on any atom is 0.410 e. The number of nitrogens with zero attached hydrogens (tertiary/aromatic N) is 2. The standard InChI is InChI=1S/C17H25FN2O4S/c1-13-11-19(16(21)24-17(2,3)4)9-10-20(13)25(22,23)12-14-7-5-6-8-15(14)18/h5-8,13H,9-12H2,1-4H3/t13-/m1/s1. The molecule has 1 atom stereocenters. The summed E-state index contributed by atoms with van der Waals surface area (Å²) in [4.78, 5) is 13.6. The quantitative estimate of drug-likeness (QED) is 0.818. The summed E-state index contributed by atoms with van der Waals surface area (Å²) in [5, 5.41) is 0. The minimum absolute atomic E-state index is 0.143. The zero-order valence-electron chi connectivity index (χ0n) is 15.0. The summed E-state index contributed by atoms with van der Waals surface area (Å²) in [5.74, 6) is -0.928. The molecule has 25 heavy (non-hydrogen) atoms. The Hall–Kier alpha value is -1.67. The molecule has 1 aromatic carbocycles. The Labute approximate surface area is 148 Å². The molecule has 0 N–H and O–H groups in total. The van der Waals surface area contributed by atoms with E-state index in [9.17, 15) is 17.6 Å². The van der Waals surface area contributed by atoms with Crippen molar-refractivity contribution in [2.24, 2.45) is 0 Å². The second-order valence-electron chi connectivity index (χ2n) is 7.23. The van der Waals surface area contributed by atoms with Crippen LogP contribution in [0.15, 0.2) is 24.3 Å². The van der Waals surface area contributed by atoms with Gasteiger partial charge in [0.15, 0.2) is 0 Å². The summed E-state index contributed by atoms with van der Waals surface area (Å²) in [5.41, 5.74) is -0.460. The van der Waals surface area contributed by atoms with Crippen LogP contribution in [0, 0.1) is 5.82 Å². The van der Waals surface area contributed by atoms with Crippen LogP contribution in [0.2, 0.25) is 0 Å². The Morgan fingerprint density at radius 3 is 2.48 bits per heavy atom. The summed E-state index contributed by atoms with van der Waals surface area (Å²) >= 11 is 0. The average molecular weight is 372 g/mol. The molecule has 8 heteroatoms. The predicted molar refractivity (Wildman–Crippen MR) is 93.0 cm³/mol. The highest BCUT2D eigenvalue weighted by Crippen LogP contribution is 2.21. The van der Waals surface area contributed by atoms with E-state index in [4.69, 9.17) is 4.74 Å². The van der Waals surface area contributed by atoms with E-state index < -0.39 is 39.3 Å². The van der Waals surface area contributed by atoms with Gasteiger partial charge in [0, 0.05) is 31.2 Å².